The van der Waals surface area contributed by atoms with Gasteiger partial charge in [0, 0.05) is 4.47 Å². The molecular weight excluding hydrogens is 400 g/mol. The fraction of sp³-hybridized carbons (Fsp3) is 0.188. The van der Waals surface area contributed by atoms with E-state index in [1.54, 1.807) is 0 Å². The highest BCUT2D eigenvalue weighted by Gasteiger charge is 2.16. The Morgan fingerprint density at radius 3 is 2.78 bits per heavy atom. The minimum Gasteiger partial charge on any atom is -0.454 e. The minimum absolute atomic E-state index is 0.0127. The summed E-state index contributed by atoms with van der Waals surface area (Å²) >= 11 is 14.9. The van der Waals surface area contributed by atoms with Crippen LogP contribution in [0.3, 0.4) is 0 Å². The number of hydrogen-bond donors (Lipinski definition) is 2. The van der Waals surface area contributed by atoms with Crippen LogP contribution in [-0.2, 0) is 0 Å². The Bertz CT molecular complexity index is 757. The first-order valence-corrected chi connectivity index (χ1v) is 8.53. The molecule has 1 heterocycles. The molecule has 0 aromatic heterocycles. The van der Waals surface area contributed by atoms with Gasteiger partial charge in [-0.1, -0.05) is 33.6 Å². The zero-order chi connectivity index (χ0) is 16.4. The highest BCUT2D eigenvalue weighted by Crippen LogP contribution is 2.34. The molecule has 0 spiro atoms. The Kier molecular flexibility index (Phi) is 4.94. The van der Waals surface area contributed by atoms with Gasteiger partial charge >= 0.3 is 0 Å². The van der Waals surface area contributed by atoms with Crippen molar-refractivity contribution in [3.63, 3.8) is 0 Å². The summed E-state index contributed by atoms with van der Waals surface area (Å²) in [6.07, 6.45) is 0. The van der Waals surface area contributed by atoms with Crippen LogP contribution in [0.1, 0.15) is 18.5 Å². The summed E-state index contributed by atoms with van der Waals surface area (Å²) < 4.78 is 11.6. The topological polar surface area (TPSA) is 42.5 Å². The normalized spacial score (nSPS) is 13.5. The summed E-state index contributed by atoms with van der Waals surface area (Å²) in [6, 6.07) is 11.4. The van der Waals surface area contributed by atoms with E-state index in [2.05, 4.69) is 26.6 Å². The standard InChI is InChI=1S/C16H14BrClN2O2S/c1-9(10-2-5-14-15(6-10)22-8-21-14)19-16(23)20-13-4-3-11(17)7-12(13)18/h2-7,9H,8H2,1H3,(H2,19,20,23). The van der Waals surface area contributed by atoms with Crippen molar-refractivity contribution in [1.29, 1.82) is 0 Å². The molecule has 0 saturated heterocycles. The van der Waals surface area contributed by atoms with Crippen LogP contribution in [0.25, 0.3) is 0 Å². The highest BCUT2D eigenvalue weighted by atomic mass is 79.9. The van der Waals surface area contributed by atoms with Crippen molar-refractivity contribution in [2.24, 2.45) is 0 Å². The molecule has 1 aliphatic rings. The lowest BCUT2D eigenvalue weighted by molar-refractivity contribution is 0.174. The minimum atomic E-state index is 0.0127. The van der Waals surface area contributed by atoms with E-state index in [-0.39, 0.29) is 12.8 Å². The van der Waals surface area contributed by atoms with E-state index in [1.165, 1.54) is 0 Å². The smallest absolute Gasteiger partial charge is 0.231 e. The van der Waals surface area contributed by atoms with E-state index >= 15 is 0 Å². The molecule has 1 aliphatic heterocycles. The van der Waals surface area contributed by atoms with E-state index < -0.39 is 0 Å². The Morgan fingerprint density at radius 1 is 1.22 bits per heavy atom. The van der Waals surface area contributed by atoms with Gasteiger partial charge in [0.05, 0.1) is 16.8 Å². The highest BCUT2D eigenvalue weighted by molar-refractivity contribution is 9.10. The number of anilines is 1. The fourth-order valence-corrected chi connectivity index (χ4v) is 3.22. The third-order valence-electron chi connectivity index (χ3n) is 3.42. The van der Waals surface area contributed by atoms with Gasteiger partial charge in [-0.25, -0.2) is 0 Å². The number of nitrogens with one attached hydrogen (secondary N) is 2. The Balaban J connectivity index is 1.65. The van der Waals surface area contributed by atoms with Crippen LogP contribution in [0.4, 0.5) is 5.69 Å². The summed E-state index contributed by atoms with van der Waals surface area (Å²) in [6.45, 7) is 2.29. The summed E-state index contributed by atoms with van der Waals surface area (Å²) in [5.74, 6) is 1.52. The van der Waals surface area contributed by atoms with Crippen LogP contribution < -0.4 is 20.1 Å². The SMILES string of the molecule is CC(NC(=S)Nc1ccc(Br)cc1Cl)c1ccc2c(c1)OCO2. The van der Waals surface area contributed by atoms with E-state index in [0.29, 0.717) is 10.1 Å². The van der Waals surface area contributed by atoms with Crippen molar-refractivity contribution in [3.8, 4) is 11.5 Å². The molecule has 2 aromatic carbocycles. The van der Waals surface area contributed by atoms with Crippen molar-refractivity contribution in [3.05, 3.63) is 51.5 Å². The molecular formula is C16H14BrClN2O2S. The maximum absolute atomic E-state index is 6.18. The molecule has 0 radical (unpaired) electrons. The molecule has 7 heteroatoms. The van der Waals surface area contributed by atoms with Crippen molar-refractivity contribution < 1.29 is 9.47 Å². The predicted molar refractivity (Wildman–Crippen MR) is 99.5 cm³/mol. The molecule has 1 atom stereocenters. The molecule has 23 heavy (non-hydrogen) atoms. The van der Waals surface area contributed by atoms with Gasteiger partial charge in [0.15, 0.2) is 16.6 Å². The second kappa shape index (κ2) is 6.95. The van der Waals surface area contributed by atoms with Gasteiger partial charge in [-0.05, 0) is 55.0 Å². The summed E-state index contributed by atoms with van der Waals surface area (Å²) in [7, 11) is 0. The predicted octanol–water partition coefficient (Wildman–Crippen LogP) is 4.88. The lowest BCUT2D eigenvalue weighted by Crippen LogP contribution is -2.31. The van der Waals surface area contributed by atoms with Crippen molar-refractivity contribution >= 4 is 50.5 Å². The number of fused-ring (bicyclic) bond motifs is 1. The van der Waals surface area contributed by atoms with Gasteiger partial charge in [-0.2, -0.15) is 0 Å². The van der Waals surface area contributed by atoms with Crippen molar-refractivity contribution in [2.45, 2.75) is 13.0 Å². The molecule has 0 saturated carbocycles. The number of ether oxygens (including phenoxy) is 2. The molecule has 120 valence electrons. The first-order chi connectivity index (χ1) is 11.0. The third-order valence-corrected chi connectivity index (χ3v) is 4.45. The van der Waals surface area contributed by atoms with Crippen molar-refractivity contribution in [2.75, 3.05) is 12.1 Å². The van der Waals surface area contributed by atoms with Crippen LogP contribution in [0.15, 0.2) is 40.9 Å². The molecule has 1 unspecified atom stereocenters. The first-order valence-electron chi connectivity index (χ1n) is 6.95. The van der Waals surface area contributed by atoms with E-state index in [0.717, 1.165) is 27.2 Å². The lowest BCUT2D eigenvalue weighted by Gasteiger charge is -2.18. The monoisotopic (exact) mass is 412 g/mol. The quantitative estimate of drug-likeness (QED) is 0.702. The number of thiocarbonyl (C=S) groups is 1. The summed E-state index contributed by atoms with van der Waals surface area (Å²) in [5.41, 5.74) is 1.81. The molecule has 2 N–H and O–H groups in total. The molecule has 2 aromatic rings. The largest absolute Gasteiger partial charge is 0.454 e. The number of halogens is 2. The van der Waals surface area contributed by atoms with Crippen molar-refractivity contribution in [1.82, 2.24) is 5.32 Å². The van der Waals surface area contributed by atoms with E-state index in [1.807, 2.05) is 43.3 Å². The molecule has 0 amide bonds. The maximum atomic E-state index is 6.18. The maximum Gasteiger partial charge on any atom is 0.231 e. The second-order valence-electron chi connectivity index (χ2n) is 5.06. The van der Waals surface area contributed by atoms with Crippen LogP contribution in [0, 0.1) is 0 Å². The van der Waals surface area contributed by atoms with Crippen LogP contribution in [0.5, 0.6) is 11.5 Å². The van der Waals surface area contributed by atoms with E-state index in [9.17, 15) is 0 Å². The zero-order valence-corrected chi connectivity index (χ0v) is 15.4. The average Bonchev–Trinajstić information content (AvgIpc) is 2.97. The average molecular weight is 414 g/mol. The molecule has 0 aliphatic carbocycles. The number of hydrogen-bond acceptors (Lipinski definition) is 3. The zero-order valence-electron chi connectivity index (χ0n) is 12.2. The Morgan fingerprint density at radius 2 is 2.00 bits per heavy atom. The number of benzene rings is 2. The van der Waals surface area contributed by atoms with Gasteiger partial charge in [-0.15, -0.1) is 0 Å². The van der Waals surface area contributed by atoms with Gasteiger partial charge in [0.25, 0.3) is 0 Å². The van der Waals surface area contributed by atoms with Gasteiger partial charge < -0.3 is 20.1 Å². The molecule has 4 nitrogen and oxygen atoms in total. The first kappa shape index (κ1) is 16.4. The lowest BCUT2D eigenvalue weighted by atomic mass is 10.1. The van der Waals surface area contributed by atoms with Crippen LogP contribution in [-0.4, -0.2) is 11.9 Å². The molecule has 0 bridgehead atoms. The van der Waals surface area contributed by atoms with Gasteiger partial charge in [-0.3, -0.25) is 0 Å². The van der Waals surface area contributed by atoms with Gasteiger partial charge in [0.2, 0.25) is 6.79 Å². The van der Waals surface area contributed by atoms with Gasteiger partial charge in [0.1, 0.15) is 0 Å². The Labute approximate surface area is 153 Å². The fourth-order valence-electron chi connectivity index (χ4n) is 2.21. The molecule has 0 fully saturated rings. The van der Waals surface area contributed by atoms with Crippen LogP contribution >= 0.6 is 39.7 Å². The molecule has 3 rings (SSSR count). The summed E-state index contributed by atoms with van der Waals surface area (Å²) in [5, 5.41) is 7.43. The number of rotatable bonds is 3. The Hall–Kier alpha value is -1.50. The van der Waals surface area contributed by atoms with E-state index in [4.69, 9.17) is 33.3 Å². The van der Waals surface area contributed by atoms with Crippen LogP contribution in [0.2, 0.25) is 5.02 Å². The third kappa shape index (κ3) is 3.88. The second-order valence-corrected chi connectivity index (χ2v) is 6.79. The summed E-state index contributed by atoms with van der Waals surface area (Å²) in [4.78, 5) is 0.